The third-order valence-electron chi connectivity index (χ3n) is 5.93. The summed E-state index contributed by atoms with van der Waals surface area (Å²) in [6.45, 7) is 3.52. The zero-order valence-corrected chi connectivity index (χ0v) is 23.2. The molecule has 8 nitrogen and oxygen atoms in total. The van der Waals surface area contributed by atoms with E-state index in [9.17, 15) is 18.0 Å². The number of hydrogen-bond donors (Lipinski definition) is 1. The van der Waals surface area contributed by atoms with Crippen molar-refractivity contribution in [3.05, 3.63) is 89.4 Å². The van der Waals surface area contributed by atoms with Gasteiger partial charge in [0.25, 0.3) is 10.0 Å². The van der Waals surface area contributed by atoms with Gasteiger partial charge in [-0.3, -0.25) is 13.9 Å². The molecule has 0 heterocycles. The van der Waals surface area contributed by atoms with Crippen molar-refractivity contribution in [3.8, 4) is 5.75 Å². The van der Waals surface area contributed by atoms with Crippen LogP contribution in [-0.2, 0) is 26.2 Å². The fourth-order valence-electron chi connectivity index (χ4n) is 3.83. The Bertz CT molecular complexity index is 1350. The van der Waals surface area contributed by atoms with Gasteiger partial charge in [0.05, 0.1) is 22.7 Å². The van der Waals surface area contributed by atoms with Crippen LogP contribution in [0.5, 0.6) is 5.75 Å². The summed E-state index contributed by atoms with van der Waals surface area (Å²) in [6, 6.07) is 20.5. The second kappa shape index (κ2) is 13.3. The van der Waals surface area contributed by atoms with Crippen LogP contribution in [0, 0.1) is 0 Å². The van der Waals surface area contributed by atoms with Crippen molar-refractivity contribution in [3.63, 3.8) is 0 Å². The molecule has 0 radical (unpaired) electrons. The van der Waals surface area contributed by atoms with E-state index in [4.69, 9.17) is 16.3 Å². The maximum Gasteiger partial charge on any atom is 0.264 e. The fourth-order valence-corrected chi connectivity index (χ4v) is 5.58. The lowest BCUT2D eigenvalue weighted by molar-refractivity contribution is -0.139. The predicted molar refractivity (Wildman–Crippen MR) is 149 cm³/mol. The average Bonchev–Trinajstić information content (AvgIpc) is 2.93. The Morgan fingerprint density at radius 1 is 1.00 bits per heavy atom. The second-order valence-corrected chi connectivity index (χ2v) is 10.9. The highest BCUT2D eigenvalue weighted by Gasteiger charge is 2.33. The molecule has 38 heavy (non-hydrogen) atoms. The Morgan fingerprint density at radius 2 is 1.68 bits per heavy atom. The van der Waals surface area contributed by atoms with Crippen molar-refractivity contribution in [2.75, 3.05) is 24.5 Å². The molecule has 0 aliphatic heterocycles. The number of ether oxygens (including phenoxy) is 1. The third kappa shape index (κ3) is 7.05. The number of halogens is 1. The normalized spacial score (nSPS) is 11.9. The largest absolute Gasteiger partial charge is 0.497 e. The van der Waals surface area contributed by atoms with E-state index in [0.717, 1.165) is 16.3 Å². The van der Waals surface area contributed by atoms with Gasteiger partial charge in [-0.05, 0) is 55.3 Å². The Labute approximate surface area is 229 Å². The summed E-state index contributed by atoms with van der Waals surface area (Å²) in [7, 11) is -2.63. The molecule has 0 bridgehead atoms. The number of benzene rings is 3. The molecule has 10 heteroatoms. The van der Waals surface area contributed by atoms with Crippen LogP contribution < -0.4 is 14.4 Å². The molecule has 0 spiro atoms. The minimum absolute atomic E-state index is 0.0146. The van der Waals surface area contributed by atoms with Crippen LogP contribution in [0.25, 0.3) is 0 Å². The molecule has 2 amide bonds. The van der Waals surface area contributed by atoms with Crippen LogP contribution in [0.3, 0.4) is 0 Å². The first-order valence-electron chi connectivity index (χ1n) is 12.2. The topological polar surface area (TPSA) is 96.0 Å². The summed E-state index contributed by atoms with van der Waals surface area (Å²) < 4.78 is 33.8. The van der Waals surface area contributed by atoms with Crippen molar-refractivity contribution in [1.82, 2.24) is 10.2 Å². The van der Waals surface area contributed by atoms with E-state index >= 15 is 0 Å². The van der Waals surface area contributed by atoms with Crippen molar-refractivity contribution in [1.29, 1.82) is 0 Å². The highest BCUT2D eigenvalue weighted by Crippen LogP contribution is 2.30. The number of carbonyl (C=O) groups excluding carboxylic acids is 2. The van der Waals surface area contributed by atoms with Crippen molar-refractivity contribution < 1.29 is 22.7 Å². The van der Waals surface area contributed by atoms with E-state index in [0.29, 0.717) is 12.3 Å². The molecule has 3 rings (SSSR count). The number of carbonyl (C=O) groups is 2. The molecular formula is C28H32ClN3O5S. The summed E-state index contributed by atoms with van der Waals surface area (Å²) in [6.07, 6.45) is 0.734. The van der Waals surface area contributed by atoms with E-state index in [1.807, 2.05) is 13.0 Å². The molecule has 3 aromatic rings. The number of nitrogens with one attached hydrogen (secondary N) is 1. The number of amides is 2. The minimum Gasteiger partial charge on any atom is -0.497 e. The molecule has 1 atom stereocenters. The van der Waals surface area contributed by atoms with Crippen LogP contribution in [-0.4, -0.2) is 51.4 Å². The lowest BCUT2D eigenvalue weighted by Crippen LogP contribution is -2.51. The van der Waals surface area contributed by atoms with Gasteiger partial charge >= 0.3 is 0 Å². The maximum absolute atomic E-state index is 13.9. The van der Waals surface area contributed by atoms with Gasteiger partial charge < -0.3 is 15.0 Å². The maximum atomic E-state index is 13.9. The number of sulfonamides is 1. The van der Waals surface area contributed by atoms with Gasteiger partial charge in [-0.25, -0.2) is 8.42 Å². The van der Waals surface area contributed by atoms with Gasteiger partial charge in [0.1, 0.15) is 18.3 Å². The highest BCUT2D eigenvalue weighted by atomic mass is 35.5. The van der Waals surface area contributed by atoms with Gasteiger partial charge in [-0.15, -0.1) is 0 Å². The highest BCUT2D eigenvalue weighted by molar-refractivity contribution is 7.92. The van der Waals surface area contributed by atoms with Crippen LogP contribution in [0.2, 0.25) is 5.02 Å². The fraction of sp³-hybridized carbons (Fsp3) is 0.286. The lowest BCUT2D eigenvalue weighted by atomic mass is 10.1. The number of hydrogen-bond acceptors (Lipinski definition) is 5. The van der Waals surface area contributed by atoms with Gasteiger partial charge in [-0.1, -0.05) is 61.0 Å². The monoisotopic (exact) mass is 557 g/mol. The molecule has 202 valence electrons. The molecule has 0 saturated carbocycles. The average molecular weight is 558 g/mol. The zero-order chi connectivity index (χ0) is 27.7. The third-order valence-corrected chi connectivity index (χ3v) is 8.03. The Kier molecular flexibility index (Phi) is 10.2. The van der Waals surface area contributed by atoms with Crippen LogP contribution >= 0.6 is 11.6 Å². The van der Waals surface area contributed by atoms with Crippen molar-refractivity contribution in [2.24, 2.45) is 0 Å². The number of methoxy groups -OCH3 is 1. The number of rotatable bonds is 12. The quantitative estimate of drug-likeness (QED) is 0.354. The number of para-hydroxylation sites is 1. The molecule has 0 aliphatic carbocycles. The summed E-state index contributed by atoms with van der Waals surface area (Å²) in [4.78, 5) is 28.1. The molecular weight excluding hydrogens is 526 g/mol. The van der Waals surface area contributed by atoms with E-state index in [1.54, 1.807) is 74.7 Å². The Hall–Kier alpha value is -3.56. The minimum atomic E-state index is -4.17. The van der Waals surface area contributed by atoms with E-state index in [1.165, 1.54) is 17.0 Å². The Morgan fingerprint density at radius 3 is 2.34 bits per heavy atom. The predicted octanol–water partition coefficient (Wildman–Crippen LogP) is 4.49. The first-order valence-corrected chi connectivity index (χ1v) is 14.0. The summed E-state index contributed by atoms with van der Waals surface area (Å²) >= 11 is 6.40. The molecule has 0 unspecified atom stereocenters. The van der Waals surface area contributed by atoms with Gasteiger partial charge in [0.2, 0.25) is 11.8 Å². The lowest BCUT2D eigenvalue weighted by Gasteiger charge is -2.32. The van der Waals surface area contributed by atoms with Gasteiger partial charge in [-0.2, -0.15) is 0 Å². The van der Waals surface area contributed by atoms with E-state index in [-0.39, 0.29) is 28.1 Å². The summed E-state index contributed by atoms with van der Waals surface area (Å²) in [5.41, 5.74) is 0.888. The van der Waals surface area contributed by atoms with Crippen molar-refractivity contribution in [2.45, 2.75) is 37.8 Å². The smallest absolute Gasteiger partial charge is 0.264 e. The number of anilines is 1. The van der Waals surface area contributed by atoms with Gasteiger partial charge in [0, 0.05) is 13.1 Å². The standard InChI is InChI=1S/C28H32ClN3O5S/c1-4-17-30-28(34)21(2)31(19-22-11-10-12-23(18-22)37-3)27(33)20-32(26-16-9-8-15-25(26)29)38(35,36)24-13-6-5-7-14-24/h5-16,18,21H,4,17,19-20H2,1-3H3,(H,30,34)/t21-/m1/s1. The Balaban J connectivity index is 2.02. The first kappa shape index (κ1) is 29.0. The van der Waals surface area contributed by atoms with Crippen LogP contribution in [0.4, 0.5) is 5.69 Å². The summed E-state index contributed by atoms with van der Waals surface area (Å²) in [5.74, 6) is -0.299. The summed E-state index contributed by atoms with van der Waals surface area (Å²) in [5, 5.41) is 2.99. The molecule has 1 N–H and O–H groups in total. The van der Waals surface area contributed by atoms with Crippen LogP contribution in [0.15, 0.2) is 83.8 Å². The molecule has 3 aromatic carbocycles. The molecule has 0 aliphatic rings. The van der Waals surface area contributed by atoms with Crippen LogP contribution in [0.1, 0.15) is 25.8 Å². The number of nitrogens with zero attached hydrogens (tertiary/aromatic N) is 2. The van der Waals surface area contributed by atoms with Crippen molar-refractivity contribution >= 4 is 39.1 Å². The van der Waals surface area contributed by atoms with E-state index in [2.05, 4.69) is 5.32 Å². The second-order valence-electron chi connectivity index (χ2n) is 8.62. The zero-order valence-electron chi connectivity index (χ0n) is 21.6. The first-order chi connectivity index (χ1) is 18.2. The SMILES string of the molecule is CCCNC(=O)[C@@H](C)N(Cc1cccc(OC)c1)C(=O)CN(c1ccccc1Cl)S(=O)(=O)c1ccccc1. The van der Waals surface area contributed by atoms with E-state index < -0.39 is 28.5 Å². The molecule has 0 saturated heterocycles. The van der Waals surface area contributed by atoms with Gasteiger partial charge in [0.15, 0.2) is 0 Å². The molecule has 0 aromatic heterocycles. The molecule has 0 fully saturated rings.